The first kappa shape index (κ1) is 17.4. The number of urea groups is 1. The number of rotatable bonds is 3. The molecular weight excluding hydrogens is 324 g/mol. The number of para-hydroxylation sites is 1. The molecule has 2 aromatic rings. The average molecular weight is 354 g/mol. The number of amides is 2. The fourth-order valence-corrected chi connectivity index (χ4v) is 4.60. The van der Waals surface area contributed by atoms with Gasteiger partial charge >= 0.3 is 6.03 Å². The van der Waals surface area contributed by atoms with Crippen molar-refractivity contribution in [3.8, 4) is 0 Å². The molecule has 140 valence electrons. The molecule has 4 rings (SSSR count). The number of aromatic amines is 1. The number of piperidine rings is 1. The highest BCUT2D eigenvalue weighted by Gasteiger charge is 2.27. The van der Waals surface area contributed by atoms with E-state index in [4.69, 9.17) is 0 Å². The summed E-state index contributed by atoms with van der Waals surface area (Å²) in [4.78, 5) is 18.3. The third-order valence-corrected chi connectivity index (χ3v) is 5.97. The lowest BCUT2D eigenvalue weighted by Crippen LogP contribution is -2.51. The molecule has 0 unspecified atom stereocenters. The van der Waals surface area contributed by atoms with E-state index in [1.165, 1.54) is 51.5 Å². The van der Waals surface area contributed by atoms with Gasteiger partial charge in [0.05, 0.1) is 5.69 Å². The Bertz CT molecular complexity index is 732. The van der Waals surface area contributed by atoms with Gasteiger partial charge in [-0.3, -0.25) is 4.90 Å². The van der Waals surface area contributed by atoms with Crippen molar-refractivity contribution in [3.05, 3.63) is 30.5 Å². The van der Waals surface area contributed by atoms with Crippen molar-refractivity contribution in [1.82, 2.24) is 15.2 Å². The van der Waals surface area contributed by atoms with Crippen LogP contribution in [0.25, 0.3) is 10.9 Å². The van der Waals surface area contributed by atoms with Gasteiger partial charge in [0.25, 0.3) is 0 Å². The highest BCUT2D eigenvalue weighted by Crippen LogP contribution is 2.25. The number of nitrogens with one attached hydrogen (secondary N) is 3. The zero-order valence-corrected chi connectivity index (χ0v) is 15.5. The lowest BCUT2D eigenvalue weighted by Gasteiger charge is -2.38. The summed E-state index contributed by atoms with van der Waals surface area (Å²) in [6.45, 7) is 2.18. The summed E-state index contributed by atoms with van der Waals surface area (Å²) in [6, 6.07) is 8.90. The van der Waals surface area contributed by atoms with Crippen molar-refractivity contribution in [2.75, 3.05) is 18.4 Å². The van der Waals surface area contributed by atoms with E-state index >= 15 is 0 Å². The number of aromatic nitrogens is 1. The molecule has 1 saturated heterocycles. The maximum atomic E-state index is 12.5. The van der Waals surface area contributed by atoms with E-state index in [0.29, 0.717) is 0 Å². The van der Waals surface area contributed by atoms with E-state index < -0.39 is 0 Å². The van der Waals surface area contributed by atoms with Crippen LogP contribution in [-0.2, 0) is 0 Å². The molecule has 0 radical (unpaired) electrons. The molecule has 26 heavy (non-hydrogen) atoms. The standard InChI is InChI=1S/C21H30N4O/c26-21(24-20-14-22-19-12-6-5-11-18(19)20)23-16-8-7-13-25(15-16)17-9-3-1-2-4-10-17/h5-6,11-12,14,16-17,22H,1-4,7-10,13,15H2,(H2,23,24,26)/t16-/m1/s1. The van der Waals surface area contributed by atoms with Crippen molar-refractivity contribution in [2.24, 2.45) is 0 Å². The van der Waals surface area contributed by atoms with Crippen LogP contribution in [0.3, 0.4) is 0 Å². The Kier molecular flexibility index (Phi) is 5.44. The number of carbonyl (C=O) groups excluding carboxylic acids is 1. The predicted molar refractivity (Wildman–Crippen MR) is 107 cm³/mol. The molecule has 0 spiro atoms. The second kappa shape index (κ2) is 8.12. The second-order valence-electron chi connectivity index (χ2n) is 7.83. The SMILES string of the molecule is O=C(Nc1c[nH]c2ccccc12)N[C@@H]1CCCN(C2CCCCCC2)C1. The molecule has 1 aromatic carbocycles. The number of benzene rings is 1. The molecule has 2 aliphatic rings. The molecule has 1 aliphatic heterocycles. The van der Waals surface area contributed by atoms with Crippen molar-refractivity contribution >= 4 is 22.6 Å². The Balaban J connectivity index is 1.33. The lowest BCUT2D eigenvalue weighted by atomic mass is 10.00. The Morgan fingerprint density at radius 3 is 2.69 bits per heavy atom. The Morgan fingerprint density at radius 1 is 1.04 bits per heavy atom. The first-order valence-electron chi connectivity index (χ1n) is 10.2. The third-order valence-electron chi connectivity index (χ3n) is 5.97. The van der Waals surface area contributed by atoms with Crippen LogP contribution in [0.2, 0.25) is 0 Å². The second-order valence-corrected chi connectivity index (χ2v) is 7.83. The molecule has 3 N–H and O–H groups in total. The summed E-state index contributed by atoms with van der Waals surface area (Å²) in [5.74, 6) is 0. The molecule has 1 atom stereocenters. The quantitative estimate of drug-likeness (QED) is 0.712. The van der Waals surface area contributed by atoms with Gasteiger partial charge in [0.2, 0.25) is 0 Å². The summed E-state index contributed by atoms with van der Waals surface area (Å²) < 4.78 is 0. The van der Waals surface area contributed by atoms with Crippen molar-refractivity contribution in [3.63, 3.8) is 0 Å². The molecule has 0 bridgehead atoms. The summed E-state index contributed by atoms with van der Waals surface area (Å²) in [5.41, 5.74) is 1.88. The molecule has 5 heteroatoms. The summed E-state index contributed by atoms with van der Waals surface area (Å²) >= 11 is 0. The van der Waals surface area contributed by atoms with Crippen LogP contribution in [0.15, 0.2) is 30.5 Å². The normalized spacial score (nSPS) is 22.8. The molecule has 1 aromatic heterocycles. The Morgan fingerprint density at radius 2 is 1.85 bits per heavy atom. The largest absolute Gasteiger partial charge is 0.359 e. The number of hydrogen-bond acceptors (Lipinski definition) is 2. The smallest absolute Gasteiger partial charge is 0.319 e. The maximum Gasteiger partial charge on any atom is 0.319 e. The van der Waals surface area contributed by atoms with Gasteiger partial charge < -0.3 is 15.6 Å². The fraction of sp³-hybridized carbons (Fsp3) is 0.571. The molecule has 1 aliphatic carbocycles. The molecule has 1 saturated carbocycles. The lowest BCUT2D eigenvalue weighted by molar-refractivity contribution is 0.128. The van der Waals surface area contributed by atoms with Gasteiger partial charge in [0.15, 0.2) is 0 Å². The number of hydrogen-bond donors (Lipinski definition) is 3. The monoisotopic (exact) mass is 354 g/mol. The fourth-order valence-electron chi connectivity index (χ4n) is 4.60. The van der Waals surface area contributed by atoms with Gasteiger partial charge in [-0.05, 0) is 38.3 Å². The van der Waals surface area contributed by atoms with Crippen molar-refractivity contribution < 1.29 is 4.79 Å². The van der Waals surface area contributed by atoms with E-state index in [1.54, 1.807) is 0 Å². The van der Waals surface area contributed by atoms with E-state index in [1.807, 2.05) is 30.5 Å². The van der Waals surface area contributed by atoms with Gasteiger partial charge in [0.1, 0.15) is 0 Å². The summed E-state index contributed by atoms with van der Waals surface area (Å²) in [5, 5.41) is 7.27. The topological polar surface area (TPSA) is 60.2 Å². The molecule has 2 heterocycles. The van der Waals surface area contributed by atoms with Crippen LogP contribution in [0.4, 0.5) is 10.5 Å². The maximum absolute atomic E-state index is 12.5. The van der Waals surface area contributed by atoms with Crippen LogP contribution in [-0.4, -0.2) is 41.1 Å². The third kappa shape index (κ3) is 4.04. The first-order chi connectivity index (χ1) is 12.8. The first-order valence-corrected chi connectivity index (χ1v) is 10.2. The van der Waals surface area contributed by atoms with Gasteiger partial charge in [-0.2, -0.15) is 0 Å². The average Bonchev–Trinajstić information content (AvgIpc) is 2.88. The van der Waals surface area contributed by atoms with Crippen LogP contribution in [0, 0.1) is 0 Å². The van der Waals surface area contributed by atoms with E-state index in [2.05, 4.69) is 20.5 Å². The highest BCUT2D eigenvalue weighted by molar-refractivity contribution is 6.01. The minimum absolute atomic E-state index is 0.0949. The van der Waals surface area contributed by atoms with E-state index in [0.717, 1.165) is 35.6 Å². The van der Waals surface area contributed by atoms with E-state index in [9.17, 15) is 4.79 Å². The highest BCUT2D eigenvalue weighted by atomic mass is 16.2. The number of anilines is 1. The van der Waals surface area contributed by atoms with Crippen LogP contribution in [0.5, 0.6) is 0 Å². The van der Waals surface area contributed by atoms with Gasteiger partial charge in [-0.1, -0.05) is 43.9 Å². The van der Waals surface area contributed by atoms with Crippen molar-refractivity contribution in [2.45, 2.75) is 63.5 Å². The van der Waals surface area contributed by atoms with Gasteiger partial charge in [0, 0.05) is 35.7 Å². The van der Waals surface area contributed by atoms with Gasteiger partial charge in [-0.15, -0.1) is 0 Å². The Hall–Kier alpha value is -2.01. The van der Waals surface area contributed by atoms with Crippen LogP contribution >= 0.6 is 0 Å². The molecular formula is C21H30N4O. The van der Waals surface area contributed by atoms with Crippen LogP contribution in [0.1, 0.15) is 51.4 Å². The van der Waals surface area contributed by atoms with E-state index in [-0.39, 0.29) is 12.1 Å². The predicted octanol–water partition coefficient (Wildman–Crippen LogP) is 4.48. The number of nitrogens with zero attached hydrogens (tertiary/aromatic N) is 1. The Labute approximate surface area is 155 Å². The molecule has 2 amide bonds. The molecule has 2 fully saturated rings. The number of carbonyl (C=O) groups is 1. The van der Waals surface area contributed by atoms with Crippen LogP contribution < -0.4 is 10.6 Å². The number of H-pyrrole nitrogens is 1. The van der Waals surface area contributed by atoms with Gasteiger partial charge in [-0.25, -0.2) is 4.79 Å². The zero-order valence-electron chi connectivity index (χ0n) is 15.5. The zero-order chi connectivity index (χ0) is 17.8. The number of likely N-dealkylation sites (tertiary alicyclic amines) is 1. The number of fused-ring (bicyclic) bond motifs is 1. The minimum atomic E-state index is -0.0949. The van der Waals surface area contributed by atoms with Crippen molar-refractivity contribution in [1.29, 1.82) is 0 Å². The summed E-state index contributed by atoms with van der Waals surface area (Å²) in [6.07, 6.45) is 12.3. The molecule has 5 nitrogen and oxygen atoms in total. The summed E-state index contributed by atoms with van der Waals surface area (Å²) in [7, 11) is 0. The minimum Gasteiger partial charge on any atom is -0.359 e.